The van der Waals surface area contributed by atoms with Gasteiger partial charge in [-0.1, -0.05) is 143 Å². The van der Waals surface area contributed by atoms with Gasteiger partial charge in [0.1, 0.15) is 32.1 Å². The highest BCUT2D eigenvalue weighted by Gasteiger charge is 2.28. The van der Waals surface area contributed by atoms with Gasteiger partial charge in [0.2, 0.25) is 10.0 Å². The monoisotopic (exact) mass is 876 g/mol. The summed E-state index contributed by atoms with van der Waals surface area (Å²) in [7, 11) is -8.47. The van der Waals surface area contributed by atoms with Gasteiger partial charge < -0.3 is 14.5 Å². The first-order valence-corrected chi connectivity index (χ1v) is 25.2. The van der Waals surface area contributed by atoms with Gasteiger partial charge >= 0.3 is 0 Å². The molecule has 59 heavy (non-hydrogen) atoms. The number of nitrogens with one attached hydrogen (secondary N) is 3. The molecule has 0 saturated heterocycles. The van der Waals surface area contributed by atoms with Crippen molar-refractivity contribution in [3.63, 3.8) is 0 Å². The molecule has 0 bridgehead atoms. The van der Waals surface area contributed by atoms with E-state index in [0.717, 1.165) is 82.6 Å². The van der Waals surface area contributed by atoms with Crippen LogP contribution in [0.5, 0.6) is 11.5 Å². The average Bonchev–Trinajstić information content (AvgIpc) is 3.73. The molecule has 12 nitrogen and oxygen atoms in total. The van der Waals surface area contributed by atoms with Crippen LogP contribution >= 0.6 is 11.6 Å². The zero-order valence-corrected chi connectivity index (χ0v) is 38.9. The summed E-state index contributed by atoms with van der Waals surface area (Å²) in [6, 6.07) is 9.81. The number of halogens is 1. The first-order valence-electron chi connectivity index (χ1n) is 21.8. The number of aromatic nitrogens is 4. The number of fused-ring (bicyclic) bond motifs is 1. The van der Waals surface area contributed by atoms with Crippen LogP contribution in [0, 0.1) is 6.92 Å². The number of hydrogen-bond donors (Lipinski definition) is 3. The fourth-order valence-electron chi connectivity index (χ4n) is 7.01. The van der Waals surface area contributed by atoms with Crippen molar-refractivity contribution in [2.45, 2.75) is 172 Å². The van der Waals surface area contributed by atoms with Crippen molar-refractivity contribution in [2.75, 3.05) is 24.5 Å². The maximum Gasteiger partial charge on any atom is 0.265 e. The van der Waals surface area contributed by atoms with E-state index in [0.29, 0.717) is 35.4 Å². The van der Waals surface area contributed by atoms with Crippen LogP contribution in [-0.4, -0.2) is 56.4 Å². The van der Waals surface area contributed by atoms with E-state index in [2.05, 4.69) is 59.2 Å². The third-order valence-electron chi connectivity index (χ3n) is 10.9. The van der Waals surface area contributed by atoms with Crippen molar-refractivity contribution >= 4 is 43.0 Å². The van der Waals surface area contributed by atoms with Crippen LogP contribution in [0.25, 0.3) is 5.65 Å². The zero-order valence-electron chi connectivity index (χ0n) is 36.5. The highest BCUT2D eigenvalue weighted by Crippen LogP contribution is 2.36. The van der Waals surface area contributed by atoms with Crippen LogP contribution in [-0.2, 0) is 25.5 Å². The first-order chi connectivity index (χ1) is 28.1. The normalized spacial score (nSPS) is 12.9. The predicted molar refractivity (Wildman–Crippen MR) is 239 cm³/mol. The quantitative estimate of drug-likeness (QED) is 0.0455. The Hall–Kier alpha value is -3.33. The molecule has 15 heteroatoms. The van der Waals surface area contributed by atoms with E-state index < -0.39 is 20.0 Å². The Labute approximate surface area is 359 Å². The van der Waals surface area contributed by atoms with Gasteiger partial charge in [-0.2, -0.15) is 5.10 Å². The minimum absolute atomic E-state index is 0.0113. The van der Waals surface area contributed by atoms with Crippen molar-refractivity contribution in [3.05, 3.63) is 58.5 Å². The summed E-state index contributed by atoms with van der Waals surface area (Å²) in [6.07, 6.45) is 16.9. The number of nitrogens with zero attached hydrogens (tertiary/aromatic N) is 3. The third-order valence-corrected chi connectivity index (χ3v) is 14.2. The Balaban J connectivity index is 1.61. The molecular formula is C44H69ClN6O6S2. The van der Waals surface area contributed by atoms with Crippen LogP contribution in [0.2, 0.25) is 5.02 Å². The molecule has 1 unspecified atom stereocenters. The zero-order chi connectivity index (χ0) is 43.1. The summed E-state index contributed by atoms with van der Waals surface area (Å²) in [5, 5.41) is 9.19. The van der Waals surface area contributed by atoms with Gasteiger partial charge in [-0.05, 0) is 67.5 Å². The third kappa shape index (κ3) is 14.1. The highest BCUT2D eigenvalue weighted by atomic mass is 35.5. The lowest BCUT2D eigenvalue weighted by molar-refractivity contribution is 0.296. The molecule has 1 atom stereocenters. The summed E-state index contributed by atoms with van der Waals surface area (Å²) < 4.78 is 76.0. The number of aryl methyl sites for hydroxylation is 1. The van der Waals surface area contributed by atoms with Gasteiger partial charge in [-0.15, -0.1) is 9.73 Å². The minimum atomic E-state index is -4.25. The van der Waals surface area contributed by atoms with Gasteiger partial charge in [0.05, 0.1) is 24.6 Å². The summed E-state index contributed by atoms with van der Waals surface area (Å²) >= 11 is 6.36. The summed E-state index contributed by atoms with van der Waals surface area (Å²) in [4.78, 5) is 2.99. The average molecular weight is 878 g/mol. The molecule has 2 heterocycles. The predicted octanol–water partition coefficient (Wildman–Crippen LogP) is 11.2. The Morgan fingerprint density at radius 2 is 1.29 bits per heavy atom. The smallest absolute Gasteiger partial charge is 0.265 e. The Kier molecular flexibility index (Phi) is 18.9. The van der Waals surface area contributed by atoms with Gasteiger partial charge in [-0.3, -0.25) is 4.72 Å². The van der Waals surface area contributed by atoms with Crippen LogP contribution in [0.1, 0.15) is 167 Å². The molecule has 2 aromatic heterocycles. The van der Waals surface area contributed by atoms with Crippen LogP contribution in [0.15, 0.2) is 46.2 Å². The minimum Gasteiger partial charge on any atom is -0.492 e. The van der Waals surface area contributed by atoms with Crippen molar-refractivity contribution in [2.24, 2.45) is 0 Å². The van der Waals surface area contributed by atoms with Crippen LogP contribution in [0.3, 0.4) is 0 Å². The summed E-state index contributed by atoms with van der Waals surface area (Å²) in [6.45, 7) is 15.1. The second-order valence-corrected chi connectivity index (χ2v) is 20.3. The van der Waals surface area contributed by atoms with Crippen molar-refractivity contribution in [1.29, 1.82) is 0 Å². The summed E-state index contributed by atoms with van der Waals surface area (Å²) in [5.41, 5.74) is 1.85. The molecule has 0 aliphatic carbocycles. The lowest BCUT2D eigenvalue weighted by Gasteiger charge is -2.26. The second kappa shape index (κ2) is 23.0. The number of H-pyrrole nitrogens is 1. The summed E-state index contributed by atoms with van der Waals surface area (Å²) in [5.74, 6) is 0.524. The maximum absolute atomic E-state index is 14.4. The number of aromatic amines is 1. The van der Waals surface area contributed by atoms with Crippen LogP contribution in [0.4, 0.5) is 5.69 Å². The molecule has 0 spiro atoms. The van der Waals surface area contributed by atoms with E-state index in [4.69, 9.17) is 21.1 Å². The van der Waals surface area contributed by atoms with Gasteiger partial charge in [0, 0.05) is 12.5 Å². The molecule has 3 N–H and O–H groups in total. The Morgan fingerprint density at radius 1 is 0.746 bits per heavy atom. The van der Waals surface area contributed by atoms with E-state index >= 15 is 0 Å². The number of rotatable bonds is 29. The maximum atomic E-state index is 14.4. The molecule has 2 aromatic carbocycles. The largest absolute Gasteiger partial charge is 0.492 e. The SMILES string of the molecule is CCCCCCCCOc1ccc(NS(=O)(=O)c2cc(C(C)(C)CCCCC)ccc2OCCCCCCCC)cc1S(=O)(=O)NCC(C)c1nn2nc(C)c(Cl)c2[nH]1. The molecule has 0 radical (unpaired) electrons. The fraction of sp³-hybridized carbons (Fsp3) is 0.636. The lowest BCUT2D eigenvalue weighted by atomic mass is 9.80. The highest BCUT2D eigenvalue weighted by molar-refractivity contribution is 7.93. The topological polar surface area (TPSA) is 157 Å². The number of benzene rings is 2. The molecule has 4 aromatic rings. The van der Waals surface area contributed by atoms with Crippen molar-refractivity contribution in [3.8, 4) is 11.5 Å². The standard InChI is InChI=1S/C44H69ClN6O6S2/c1-8-11-14-16-18-21-28-56-37-25-23-35(44(6,7)27-20-13-10-3)30-39(37)59(54,55)50-36-24-26-38(57-29-22-19-17-15-12-9-2)40(31-36)58(52,53)46-32-33(4)42-47-43-41(45)34(5)48-51(43)49-42/h23-26,30-31,33,46,50H,8-22,27-29,32H2,1-7H3,(H,47,49). The Morgan fingerprint density at radius 3 is 1.88 bits per heavy atom. The molecule has 0 saturated carbocycles. The first kappa shape index (κ1) is 48.3. The number of unbranched alkanes of at least 4 members (excludes halogenated alkanes) is 12. The van der Waals surface area contributed by atoms with Crippen molar-refractivity contribution in [1.82, 2.24) is 24.5 Å². The Bertz CT molecular complexity index is 2130. The molecule has 4 rings (SSSR count). The van der Waals surface area contributed by atoms with E-state index in [9.17, 15) is 16.8 Å². The molecular weight excluding hydrogens is 808 g/mol. The van der Waals surface area contributed by atoms with E-state index in [1.54, 1.807) is 19.1 Å². The molecule has 330 valence electrons. The van der Waals surface area contributed by atoms with E-state index in [1.807, 2.05) is 13.0 Å². The molecule has 0 aliphatic rings. The number of anilines is 1. The number of sulfonamides is 2. The van der Waals surface area contributed by atoms with Gasteiger partial charge in [0.15, 0.2) is 5.65 Å². The van der Waals surface area contributed by atoms with Crippen LogP contribution < -0.4 is 18.9 Å². The molecule has 0 amide bonds. The second-order valence-electron chi connectivity index (χ2n) is 16.5. The number of hydrogen-bond acceptors (Lipinski definition) is 8. The molecule has 0 aliphatic heterocycles. The van der Waals surface area contributed by atoms with Gasteiger partial charge in [-0.25, -0.2) is 21.6 Å². The van der Waals surface area contributed by atoms with Gasteiger partial charge in [0.25, 0.3) is 10.0 Å². The molecule has 0 fully saturated rings. The van der Waals surface area contributed by atoms with E-state index in [-0.39, 0.29) is 44.9 Å². The van der Waals surface area contributed by atoms with E-state index in [1.165, 1.54) is 48.5 Å². The van der Waals surface area contributed by atoms with Crippen molar-refractivity contribution < 1.29 is 26.3 Å². The number of ether oxygens (including phenoxy) is 2. The fourth-order valence-corrected chi connectivity index (χ4v) is 9.69. The lowest BCUT2D eigenvalue weighted by Crippen LogP contribution is -2.29.